The predicted octanol–water partition coefficient (Wildman–Crippen LogP) is 3.23. The zero-order valence-corrected chi connectivity index (χ0v) is 18.4. The number of rotatable bonds is 6. The lowest BCUT2D eigenvalue weighted by Crippen LogP contribution is -2.52. The molecule has 1 aliphatic heterocycles. The number of aryl methyl sites for hydroxylation is 1. The van der Waals surface area contributed by atoms with Gasteiger partial charge in [0.05, 0.1) is 6.54 Å². The molecule has 0 aromatic carbocycles. The molecule has 1 fully saturated rings. The average Bonchev–Trinajstić information content (AvgIpc) is 3.37. The third-order valence-corrected chi connectivity index (χ3v) is 6.82. The van der Waals surface area contributed by atoms with Gasteiger partial charge in [0.2, 0.25) is 5.13 Å². The van der Waals surface area contributed by atoms with E-state index in [0.717, 1.165) is 62.6 Å². The van der Waals surface area contributed by atoms with Gasteiger partial charge in [0.1, 0.15) is 5.82 Å². The van der Waals surface area contributed by atoms with Gasteiger partial charge in [0.25, 0.3) is 0 Å². The van der Waals surface area contributed by atoms with Gasteiger partial charge < -0.3 is 15.1 Å². The maximum absolute atomic E-state index is 4.97. The van der Waals surface area contributed by atoms with E-state index in [1.165, 1.54) is 16.4 Å². The minimum Gasteiger partial charge on any atom is -0.357 e. The Labute approximate surface area is 170 Å². The second-order valence-corrected chi connectivity index (χ2v) is 9.03. The molecular weight excluding hydrogens is 376 g/mol. The number of piperazine rings is 1. The molecule has 0 aliphatic carbocycles. The molecule has 3 rings (SSSR count). The Morgan fingerprint density at radius 1 is 1.26 bits per heavy atom. The van der Waals surface area contributed by atoms with Gasteiger partial charge in [0, 0.05) is 61.0 Å². The number of anilines is 1. The van der Waals surface area contributed by atoms with Crippen molar-refractivity contribution < 1.29 is 0 Å². The molecule has 0 amide bonds. The van der Waals surface area contributed by atoms with Crippen LogP contribution in [0, 0.1) is 0 Å². The summed E-state index contributed by atoms with van der Waals surface area (Å²) in [4.78, 5) is 15.7. The number of hydrogen-bond donors (Lipinski definition) is 1. The maximum atomic E-state index is 4.97. The Bertz CT molecular complexity index is 729. The first kappa shape index (κ1) is 20.1. The van der Waals surface area contributed by atoms with Crippen molar-refractivity contribution in [2.24, 2.45) is 4.99 Å². The number of aliphatic imine (C=N–C) groups is 1. The monoisotopic (exact) mass is 406 g/mol. The quantitative estimate of drug-likeness (QED) is 0.590. The summed E-state index contributed by atoms with van der Waals surface area (Å²) in [5.41, 5.74) is 0.0553. The first-order chi connectivity index (χ1) is 13.0. The van der Waals surface area contributed by atoms with Crippen molar-refractivity contribution in [1.29, 1.82) is 0 Å². The number of guanidine groups is 1. The molecule has 1 saturated heterocycles. The van der Waals surface area contributed by atoms with Crippen LogP contribution in [0.15, 0.2) is 22.5 Å². The topological polar surface area (TPSA) is 56.7 Å². The number of aromatic nitrogens is 2. The molecule has 148 valence electrons. The lowest BCUT2D eigenvalue weighted by Gasteiger charge is -2.36. The van der Waals surface area contributed by atoms with Crippen molar-refractivity contribution in [3.05, 3.63) is 28.2 Å². The van der Waals surface area contributed by atoms with Gasteiger partial charge in [-0.15, -0.1) is 11.3 Å². The van der Waals surface area contributed by atoms with Crippen molar-refractivity contribution in [2.75, 3.05) is 44.2 Å². The van der Waals surface area contributed by atoms with Crippen molar-refractivity contribution >= 4 is 34.0 Å². The normalized spacial score (nSPS) is 16.1. The van der Waals surface area contributed by atoms with Crippen LogP contribution in [0.2, 0.25) is 0 Å². The van der Waals surface area contributed by atoms with E-state index in [1.54, 1.807) is 0 Å². The van der Waals surface area contributed by atoms with Crippen molar-refractivity contribution in [2.45, 2.75) is 39.5 Å². The van der Waals surface area contributed by atoms with E-state index in [4.69, 9.17) is 4.99 Å². The highest BCUT2D eigenvalue weighted by atomic mass is 32.1. The number of nitrogens with one attached hydrogen (secondary N) is 1. The maximum Gasteiger partial charge on any atom is 0.205 e. The summed E-state index contributed by atoms with van der Waals surface area (Å²) in [6.07, 6.45) is 0.897. The molecule has 1 aliphatic rings. The standard InChI is InChI=1S/C19H30N6S2/c1-5-16-22-18(27-23-16)25-11-9-24(10-12-25)17(20-6-2)21-14-19(3,4)15-8-7-13-26-15/h7-8,13H,5-6,9-12,14H2,1-4H3,(H,20,21). The fourth-order valence-electron chi connectivity index (χ4n) is 3.07. The zero-order valence-electron chi connectivity index (χ0n) is 16.7. The molecule has 6 nitrogen and oxygen atoms in total. The van der Waals surface area contributed by atoms with E-state index in [2.05, 4.69) is 69.7 Å². The van der Waals surface area contributed by atoms with E-state index in [1.807, 2.05) is 11.3 Å². The molecule has 1 N–H and O–H groups in total. The molecule has 3 heterocycles. The molecular formula is C19H30N6S2. The highest BCUT2D eigenvalue weighted by molar-refractivity contribution is 7.10. The van der Waals surface area contributed by atoms with Gasteiger partial charge in [-0.2, -0.15) is 4.37 Å². The first-order valence-electron chi connectivity index (χ1n) is 9.68. The van der Waals surface area contributed by atoms with Crippen LogP contribution in [-0.4, -0.2) is 59.5 Å². The summed E-state index contributed by atoms with van der Waals surface area (Å²) < 4.78 is 4.41. The molecule has 0 atom stereocenters. The van der Waals surface area contributed by atoms with Crippen LogP contribution in [0.5, 0.6) is 0 Å². The molecule has 8 heteroatoms. The van der Waals surface area contributed by atoms with E-state index < -0.39 is 0 Å². The molecule has 2 aromatic heterocycles. The summed E-state index contributed by atoms with van der Waals surface area (Å²) in [7, 11) is 0. The Balaban J connectivity index is 1.62. The minimum absolute atomic E-state index is 0.0553. The summed E-state index contributed by atoms with van der Waals surface area (Å²) in [6, 6.07) is 4.33. The van der Waals surface area contributed by atoms with Crippen LogP contribution < -0.4 is 10.2 Å². The molecule has 0 unspecified atom stereocenters. The molecule has 0 spiro atoms. The predicted molar refractivity (Wildman–Crippen MR) is 116 cm³/mol. The zero-order chi connectivity index (χ0) is 19.3. The fourth-order valence-corrected chi connectivity index (χ4v) is 4.71. The van der Waals surface area contributed by atoms with Crippen LogP contribution >= 0.6 is 22.9 Å². The van der Waals surface area contributed by atoms with Gasteiger partial charge in [-0.05, 0) is 18.4 Å². The van der Waals surface area contributed by atoms with Gasteiger partial charge in [-0.1, -0.05) is 26.8 Å². The van der Waals surface area contributed by atoms with Crippen LogP contribution in [0.25, 0.3) is 0 Å². The van der Waals surface area contributed by atoms with E-state index in [0.29, 0.717) is 0 Å². The molecule has 27 heavy (non-hydrogen) atoms. The van der Waals surface area contributed by atoms with Crippen LogP contribution in [0.3, 0.4) is 0 Å². The van der Waals surface area contributed by atoms with Crippen molar-refractivity contribution in [3.63, 3.8) is 0 Å². The van der Waals surface area contributed by atoms with E-state index in [-0.39, 0.29) is 5.41 Å². The molecule has 2 aromatic rings. The molecule has 0 saturated carbocycles. The molecule has 0 bridgehead atoms. The van der Waals surface area contributed by atoms with Gasteiger partial charge in [0.15, 0.2) is 5.96 Å². The Morgan fingerprint density at radius 3 is 2.63 bits per heavy atom. The third-order valence-electron chi connectivity index (χ3n) is 4.77. The second-order valence-electron chi connectivity index (χ2n) is 7.35. The second kappa shape index (κ2) is 9.01. The summed E-state index contributed by atoms with van der Waals surface area (Å²) in [6.45, 7) is 14.2. The third kappa shape index (κ3) is 4.99. The highest BCUT2D eigenvalue weighted by Gasteiger charge is 2.25. The number of hydrogen-bond acceptors (Lipinski definition) is 6. The minimum atomic E-state index is 0.0553. The SMILES string of the molecule is CCNC(=NCC(C)(C)c1cccs1)N1CCN(c2nc(CC)ns2)CC1. The molecule has 0 radical (unpaired) electrons. The van der Waals surface area contributed by atoms with Gasteiger partial charge in [-0.3, -0.25) is 4.99 Å². The number of thiophene rings is 1. The van der Waals surface area contributed by atoms with Gasteiger partial charge >= 0.3 is 0 Å². The van der Waals surface area contributed by atoms with E-state index >= 15 is 0 Å². The summed E-state index contributed by atoms with van der Waals surface area (Å²) in [5.74, 6) is 1.97. The largest absolute Gasteiger partial charge is 0.357 e. The lowest BCUT2D eigenvalue weighted by atomic mass is 9.92. The smallest absolute Gasteiger partial charge is 0.205 e. The van der Waals surface area contributed by atoms with Crippen molar-refractivity contribution in [1.82, 2.24) is 19.6 Å². The Morgan fingerprint density at radius 2 is 2.04 bits per heavy atom. The van der Waals surface area contributed by atoms with Crippen LogP contribution in [0.1, 0.15) is 38.4 Å². The summed E-state index contributed by atoms with van der Waals surface area (Å²) >= 11 is 3.32. The lowest BCUT2D eigenvalue weighted by molar-refractivity contribution is 0.370. The highest BCUT2D eigenvalue weighted by Crippen LogP contribution is 2.27. The van der Waals surface area contributed by atoms with E-state index in [9.17, 15) is 0 Å². The van der Waals surface area contributed by atoms with Crippen molar-refractivity contribution in [3.8, 4) is 0 Å². The summed E-state index contributed by atoms with van der Waals surface area (Å²) in [5, 5.41) is 6.66. The average molecular weight is 407 g/mol. The Kier molecular flexibility index (Phi) is 6.70. The fraction of sp³-hybridized carbons (Fsp3) is 0.632. The van der Waals surface area contributed by atoms with Crippen LogP contribution in [-0.2, 0) is 11.8 Å². The first-order valence-corrected chi connectivity index (χ1v) is 11.3. The number of nitrogens with zero attached hydrogens (tertiary/aromatic N) is 5. The van der Waals surface area contributed by atoms with Crippen LogP contribution in [0.4, 0.5) is 5.13 Å². The van der Waals surface area contributed by atoms with Gasteiger partial charge in [-0.25, -0.2) is 4.98 Å². The Hall–Kier alpha value is -1.67.